The number of nitrogens with zero attached hydrogens (tertiary/aromatic N) is 2. The summed E-state index contributed by atoms with van der Waals surface area (Å²) in [6.45, 7) is 3.86. The van der Waals surface area contributed by atoms with E-state index in [4.69, 9.17) is 0 Å². The number of hydrazine groups is 1. The molecular weight excluding hydrogens is 204 g/mol. The molecule has 2 atom stereocenters. The normalized spacial score (nSPS) is 34.1. The van der Waals surface area contributed by atoms with E-state index in [-0.39, 0.29) is 23.9 Å². The maximum absolute atomic E-state index is 12.4. The van der Waals surface area contributed by atoms with Crippen LogP contribution in [0.25, 0.3) is 0 Å². The fraction of sp³-hybridized carbons (Fsp3) is 0.667. The summed E-state index contributed by atoms with van der Waals surface area (Å²) in [4.78, 5) is 24.8. The van der Waals surface area contributed by atoms with Crippen LogP contribution in [0.5, 0.6) is 0 Å². The van der Waals surface area contributed by atoms with Gasteiger partial charge in [-0.05, 0) is 19.3 Å². The van der Waals surface area contributed by atoms with E-state index in [1.807, 2.05) is 26.0 Å². The van der Waals surface area contributed by atoms with Gasteiger partial charge < -0.3 is 0 Å². The SMILES string of the molecule is CCC1(CC)C(=O)N2C3C=CC(C3)N2C1=O. The summed E-state index contributed by atoms with van der Waals surface area (Å²) in [6, 6.07) is 0.253. The number of hydrogen-bond acceptors (Lipinski definition) is 2. The lowest BCUT2D eigenvalue weighted by Crippen LogP contribution is -2.43. The number of hydrogen-bond donors (Lipinski definition) is 0. The van der Waals surface area contributed by atoms with E-state index in [0.717, 1.165) is 6.42 Å². The fourth-order valence-corrected chi connectivity index (χ4v) is 3.23. The van der Waals surface area contributed by atoms with Crippen molar-refractivity contribution in [3.8, 4) is 0 Å². The first-order valence-electron chi connectivity index (χ1n) is 6.01. The zero-order valence-electron chi connectivity index (χ0n) is 9.64. The first kappa shape index (κ1) is 9.87. The van der Waals surface area contributed by atoms with Crippen molar-refractivity contribution >= 4 is 11.8 Å². The molecule has 2 heterocycles. The molecule has 16 heavy (non-hydrogen) atoms. The second-order valence-electron chi connectivity index (χ2n) is 4.84. The molecule has 4 heteroatoms. The Labute approximate surface area is 94.9 Å². The van der Waals surface area contributed by atoms with E-state index in [1.165, 1.54) is 0 Å². The minimum absolute atomic E-state index is 0.0133. The minimum atomic E-state index is -0.775. The van der Waals surface area contributed by atoms with Crippen molar-refractivity contribution in [3.05, 3.63) is 12.2 Å². The Kier molecular flexibility index (Phi) is 1.77. The molecule has 2 aliphatic heterocycles. The molecule has 0 aromatic heterocycles. The lowest BCUT2D eigenvalue weighted by molar-refractivity contribution is -0.145. The Balaban J connectivity index is 2.06. The summed E-state index contributed by atoms with van der Waals surface area (Å²) in [5.74, 6) is 0.0266. The summed E-state index contributed by atoms with van der Waals surface area (Å²) in [5, 5.41) is 3.39. The number of rotatable bonds is 2. The van der Waals surface area contributed by atoms with Gasteiger partial charge in [0.05, 0.1) is 12.1 Å². The molecule has 0 saturated carbocycles. The van der Waals surface area contributed by atoms with Crippen LogP contribution in [0.2, 0.25) is 0 Å². The van der Waals surface area contributed by atoms with Gasteiger partial charge in [0.25, 0.3) is 11.8 Å². The molecule has 0 aromatic rings. The Morgan fingerprint density at radius 2 is 1.56 bits per heavy atom. The highest BCUT2D eigenvalue weighted by Crippen LogP contribution is 2.46. The molecular formula is C12H16N2O2. The van der Waals surface area contributed by atoms with Crippen LogP contribution in [0, 0.1) is 5.41 Å². The molecule has 2 amide bonds. The average Bonchev–Trinajstić information content (AvgIpc) is 2.94. The summed E-state index contributed by atoms with van der Waals surface area (Å²) in [6.07, 6.45) is 6.20. The molecule has 2 bridgehead atoms. The molecule has 2 unspecified atom stereocenters. The van der Waals surface area contributed by atoms with Crippen molar-refractivity contribution < 1.29 is 9.59 Å². The molecule has 3 rings (SSSR count). The van der Waals surface area contributed by atoms with E-state index in [2.05, 4.69) is 0 Å². The van der Waals surface area contributed by atoms with Gasteiger partial charge in [-0.2, -0.15) is 0 Å². The van der Waals surface area contributed by atoms with Gasteiger partial charge in [-0.25, -0.2) is 10.0 Å². The molecule has 0 N–H and O–H groups in total. The van der Waals surface area contributed by atoms with Crippen LogP contribution in [0.4, 0.5) is 0 Å². The van der Waals surface area contributed by atoms with Crippen LogP contribution in [0.15, 0.2) is 12.2 Å². The van der Waals surface area contributed by atoms with Gasteiger partial charge in [0.1, 0.15) is 5.41 Å². The molecule has 3 aliphatic rings. The fourth-order valence-electron chi connectivity index (χ4n) is 3.23. The van der Waals surface area contributed by atoms with Gasteiger partial charge in [-0.3, -0.25) is 9.59 Å². The van der Waals surface area contributed by atoms with Crippen molar-refractivity contribution in [2.45, 2.75) is 45.2 Å². The molecule has 2 fully saturated rings. The molecule has 0 aromatic carbocycles. The summed E-state index contributed by atoms with van der Waals surface area (Å²) >= 11 is 0. The van der Waals surface area contributed by atoms with Gasteiger partial charge in [-0.1, -0.05) is 26.0 Å². The first-order valence-corrected chi connectivity index (χ1v) is 6.01. The van der Waals surface area contributed by atoms with Crippen molar-refractivity contribution in [2.75, 3.05) is 0 Å². The van der Waals surface area contributed by atoms with Crippen LogP contribution in [-0.4, -0.2) is 33.9 Å². The van der Waals surface area contributed by atoms with Crippen molar-refractivity contribution in [1.82, 2.24) is 10.0 Å². The standard InChI is InChI=1S/C12H16N2O2/c1-3-12(4-2)10(15)13-8-5-6-9(7-8)14(13)11(12)16/h5-6,8-9H,3-4,7H2,1-2H3. The number of fused-ring (bicyclic) bond motifs is 5. The highest BCUT2D eigenvalue weighted by Gasteiger charge is 2.62. The highest BCUT2D eigenvalue weighted by atomic mass is 16.2. The maximum Gasteiger partial charge on any atom is 0.257 e. The van der Waals surface area contributed by atoms with Crippen LogP contribution in [0.1, 0.15) is 33.1 Å². The Morgan fingerprint density at radius 1 is 1.12 bits per heavy atom. The lowest BCUT2D eigenvalue weighted by atomic mass is 9.81. The van der Waals surface area contributed by atoms with Crippen LogP contribution < -0.4 is 0 Å². The van der Waals surface area contributed by atoms with Gasteiger partial charge in [0, 0.05) is 0 Å². The molecule has 0 radical (unpaired) electrons. The topological polar surface area (TPSA) is 40.6 Å². The smallest absolute Gasteiger partial charge is 0.257 e. The van der Waals surface area contributed by atoms with E-state index in [0.29, 0.717) is 12.8 Å². The monoisotopic (exact) mass is 220 g/mol. The third kappa shape index (κ3) is 0.829. The van der Waals surface area contributed by atoms with Gasteiger partial charge in [-0.15, -0.1) is 0 Å². The van der Waals surface area contributed by atoms with E-state index in [9.17, 15) is 9.59 Å². The van der Waals surface area contributed by atoms with Crippen LogP contribution >= 0.6 is 0 Å². The van der Waals surface area contributed by atoms with E-state index in [1.54, 1.807) is 10.0 Å². The predicted molar refractivity (Wildman–Crippen MR) is 58.0 cm³/mol. The number of carbonyl (C=O) groups is 2. The van der Waals surface area contributed by atoms with Gasteiger partial charge in [0.2, 0.25) is 0 Å². The minimum Gasteiger partial charge on any atom is -0.272 e. The van der Waals surface area contributed by atoms with E-state index < -0.39 is 5.41 Å². The quantitative estimate of drug-likeness (QED) is 0.516. The Morgan fingerprint density at radius 3 is 1.94 bits per heavy atom. The molecule has 2 saturated heterocycles. The molecule has 4 nitrogen and oxygen atoms in total. The summed E-state index contributed by atoms with van der Waals surface area (Å²) < 4.78 is 0. The van der Waals surface area contributed by atoms with E-state index >= 15 is 0 Å². The Bertz CT molecular complexity index is 366. The zero-order chi connectivity index (χ0) is 11.5. The van der Waals surface area contributed by atoms with Crippen molar-refractivity contribution in [1.29, 1.82) is 0 Å². The van der Waals surface area contributed by atoms with Crippen molar-refractivity contribution in [3.63, 3.8) is 0 Å². The average molecular weight is 220 g/mol. The van der Waals surface area contributed by atoms with Gasteiger partial charge in [0.15, 0.2) is 0 Å². The molecule has 0 spiro atoms. The number of carbonyl (C=O) groups excluding carboxylic acids is 2. The zero-order valence-corrected chi connectivity index (χ0v) is 9.64. The second-order valence-corrected chi connectivity index (χ2v) is 4.84. The highest BCUT2D eigenvalue weighted by molar-refractivity contribution is 6.10. The molecule has 1 aliphatic carbocycles. The number of amides is 2. The Hall–Kier alpha value is -1.32. The summed E-state index contributed by atoms with van der Waals surface area (Å²) in [7, 11) is 0. The maximum atomic E-state index is 12.4. The predicted octanol–water partition coefficient (Wildman–Crippen LogP) is 1.09. The van der Waals surface area contributed by atoms with Crippen LogP contribution in [-0.2, 0) is 9.59 Å². The van der Waals surface area contributed by atoms with Crippen LogP contribution in [0.3, 0.4) is 0 Å². The van der Waals surface area contributed by atoms with Gasteiger partial charge >= 0.3 is 0 Å². The van der Waals surface area contributed by atoms with Crippen molar-refractivity contribution in [2.24, 2.45) is 5.41 Å². The first-order chi connectivity index (χ1) is 7.65. The molecule has 86 valence electrons. The summed E-state index contributed by atoms with van der Waals surface area (Å²) in [5.41, 5.74) is -0.775. The third-order valence-electron chi connectivity index (χ3n) is 4.34. The largest absolute Gasteiger partial charge is 0.272 e. The second kappa shape index (κ2) is 2.87. The third-order valence-corrected chi connectivity index (χ3v) is 4.34. The lowest BCUT2D eigenvalue weighted by Gasteiger charge is -2.27.